The zero-order chi connectivity index (χ0) is 13.1. The summed E-state index contributed by atoms with van der Waals surface area (Å²) in [7, 11) is 0. The van der Waals surface area contributed by atoms with Crippen LogP contribution in [0.1, 0.15) is 39.7 Å². The van der Waals surface area contributed by atoms with Gasteiger partial charge in [-0.05, 0) is 32.6 Å². The molecule has 0 aliphatic carbocycles. The van der Waals surface area contributed by atoms with E-state index in [-0.39, 0.29) is 6.03 Å². The number of anilines is 1. The molecule has 0 spiro atoms. The molecule has 1 saturated heterocycles. The van der Waals surface area contributed by atoms with Crippen molar-refractivity contribution in [3.8, 4) is 0 Å². The van der Waals surface area contributed by atoms with Gasteiger partial charge in [0.25, 0.3) is 0 Å². The summed E-state index contributed by atoms with van der Waals surface area (Å²) < 4.78 is 1.84. The van der Waals surface area contributed by atoms with Gasteiger partial charge in [-0.15, -0.1) is 0 Å². The highest BCUT2D eigenvalue weighted by molar-refractivity contribution is 5.88. The molecule has 0 saturated carbocycles. The third-order valence-corrected chi connectivity index (χ3v) is 3.32. The van der Waals surface area contributed by atoms with E-state index >= 15 is 0 Å². The van der Waals surface area contributed by atoms with E-state index in [2.05, 4.69) is 31.2 Å². The van der Waals surface area contributed by atoms with Crippen molar-refractivity contribution in [3.63, 3.8) is 0 Å². The molecule has 0 bridgehead atoms. The molecule has 2 rings (SSSR count). The van der Waals surface area contributed by atoms with Crippen LogP contribution in [0, 0.1) is 5.92 Å². The van der Waals surface area contributed by atoms with Crippen molar-refractivity contribution in [1.29, 1.82) is 0 Å². The first-order valence-electron chi connectivity index (χ1n) is 6.67. The molecule has 1 N–H and O–H groups in total. The number of likely N-dealkylation sites (tertiary alicyclic amines) is 1. The van der Waals surface area contributed by atoms with Crippen molar-refractivity contribution < 1.29 is 4.79 Å². The molecule has 2 amide bonds. The van der Waals surface area contributed by atoms with Crippen molar-refractivity contribution in [2.75, 3.05) is 18.4 Å². The lowest BCUT2D eigenvalue weighted by Crippen LogP contribution is -2.41. The van der Waals surface area contributed by atoms with Crippen LogP contribution in [0.3, 0.4) is 0 Å². The highest BCUT2D eigenvalue weighted by atomic mass is 16.2. The summed E-state index contributed by atoms with van der Waals surface area (Å²) in [5, 5.41) is 7.18. The van der Waals surface area contributed by atoms with Gasteiger partial charge in [0.1, 0.15) is 0 Å². The molecule has 1 aromatic heterocycles. The normalized spacial score (nSPS) is 20.2. The summed E-state index contributed by atoms with van der Waals surface area (Å²) in [5.74, 6) is 1.23. The van der Waals surface area contributed by atoms with Crippen molar-refractivity contribution >= 4 is 11.8 Å². The van der Waals surface area contributed by atoms with E-state index in [9.17, 15) is 4.79 Å². The van der Waals surface area contributed by atoms with Gasteiger partial charge in [0.05, 0.1) is 0 Å². The third kappa shape index (κ3) is 3.03. The summed E-state index contributed by atoms with van der Waals surface area (Å²) in [6.45, 7) is 8.00. The Labute approximate surface area is 108 Å². The number of urea groups is 1. The number of piperidine rings is 1. The number of rotatable bonds is 2. The lowest BCUT2D eigenvalue weighted by Gasteiger charge is -2.30. The molecule has 100 valence electrons. The van der Waals surface area contributed by atoms with E-state index in [0.717, 1.165) is 19.5 Å². The fourth-order valence-corrected chi connectivity index (χ4v) is 2.25. The predicted octanol–water partition coefficient (Wildman–Crippen LogP) is 2.73. The monoisotopic (exact) mass is 250 g/mol. The maximum atomic E-state index is 12.1. The summed E-state index contributed by atoms with van der Waals surface area (Å²) >= 11 is 0. The quantitative estimate of drug-likeness (QED) is 0.877. The van der Waals surface area contributed by atoms with Crippen molar-refractivity contribution in [1.82, 2.24) is 14.7 Å². The largest absolute Gasteiger partial charge is 0.324 e. The van der Waals surface area contributed by atoms with Gasteiger partial charge in [-0.2, -0.15) is 5.10 Å². The summed E-state index contributed by atoms with van der Waals surface area (Å²) in [4.78, 5) is 13.9. The number of amides is 2. The molecule has 1 aliphatic rings. The van der Waals surface area contributed by atoms with Crippen LogP contribution in [-0.4, -0.2) is 33.8 Å². The highest BCUT2D eigenvalue weighted by Crippen LogP contribution is 2.16. The van der Waals surface area contributed by atoms with Crippen LogP contribution in [0.5, 0.6) is 0 Å². The molecular weight excluding hydrogens is 228 g/mol. The van der Waals surface area contributed by atoms with Crippen molar-refractivity contribution in [2.45, 2.75) is 39.7 Å². The Morgan fingerprint density at radius 3 is 2.94 bits per heavy atom. The first-order chi connectivity index (χ1) is 8.56. The number of carbonyl (C=O) groups excluding carboxylic acids is 1. The summed E-state index contributed by atoms with van der Waals surface area (Å²) in [6.07, 6.45) is 4.19. The molecule has 1 unspecified atom stereocenters. The van der Waals surface area contributed by atoms with E-state index in [0.29, 0.717) is 17.8 Å². The minimum absolute atomic E-state index is 0.0319. The summed E-state index contributed by atoms with van der Waals surface area (Å²) in [5.41, 5.74) is 0. The van der Waals surface area contributed by atoms with Crippen LogP contribution in [0.25, 0.3) is 0 Å². The fraction of sp³-hybridized carbons (Fsp3) is 0.692. The van der Waals surface area contributed by atoms with Crippen LogP contribution < -0.4 is 5.32 Å². The molecule has 0 aromatic carbocycles. The average molecular weight is 250 g/mol. The minimum atomic E-state index is -0.0319. The number of hydrogen-bond donors (Lipinski definition) is 1. The first kappa shape index (κ1) is 12.9. The zero-order valence-electron chi connectivity index (χ0n) is 11.4. The maximum absolute atomic E-state index is 12.1. The summed E-state index contributed by atoms with van der Waals surface area (Å²) in [6, 6.07) is 2.12. The second-order valence-electron chi connectivity index (χ2n) is 5.40. The molecule has 18 heavy (non-hydrogen) atoms. The van der Waals surface area contributed by atoms with Crippen molar-refractivity contribution in [2.24, 2.45) is 5.92 Å². The molecular formula is C13H22N4O. The number of carbonyl (C=O) groups is 1. The van der Waals surface area contributed by atoms with Crippen LogP contribution in [0.2, 0.25) is 0 Å². The van der Waals surface area contributed by atoms with Gasteiger partial charge in [0.15, 0.2) is 5.82 Å². The Hall–Kier alpha value is -1.52. The molecule has 1 fully saturated rings. The Morgan fingerprint density at radius 2 is 2.33 bits per heavy atom. The smallest absolute Gasteiger partial charge is 0.323 e. The molecule has 5 nitrogen and oxygen atoms in total. The van der Waals surface area contributed by atoms with E-state index in [1.54, 1.807) is 0 Å². The lowest BCUT2D eigenvalue weighted by atomic mass is 10.0. The Kier molecular flexibility index (Phi) is 3.89. The van der Waals surface area contributed by atoms with E-state index in [1.165, 1.54) is 6.42 Å². The minimum Gasteiger partial charge on any atom is -0.324 e. The number of aromatic nitrogens is 2. The SMILES string of the molecule is CC1CCCN(C(=O)Nc2ccn(C(C)C)n2)C1. The maximum Gasteiger partial charge on any atom is 0.323 e. The molecule has 0 radical (unpaired) electrons. The van der Waals surface area contributed by atoms with Gasteiger partial charge in [-0.3, -0.25) is 10.00 Å². The predicted molar refractivity (Wildman–Crippen MR) is 71.6 cm³/mol. The second-order valence-corrected chi connectivity index (χ2v) is 5.40. The van der Waals surface area contributed by atoms with Crippen LogP contribution >= 0.6 is 0 Å². The van der Waals surface area contributed by atoms with Gasteiger partial charge >= 0.3 is 6.03 Å². The zero-order valence-corrected chi connectivity index (χ0v) is 11.4. The highest BCUT2D eigenvalue weighted by Gasteiger charge is 2.21. The van der Waals surface area contributed by atoms with Crippen LogP contribution in [-0.2, 0) is 0 Å². The van der Waals surface area contributed by atoms with Crippen LogP contribution in [0.4, 0.5) is 10.6 Å². The molecule has 1 aromatic rings. The number of nitrogens with one attached hydrogen (secondary N) is 1. The second kappa shape index (κ2) is 5.42. The average Bonchev–Trinajstić information content (AvgIpc) is 2.77. The standard InChI is InChI=1S/C13H22N4O/c1-10(2)17-8-6-12(15-17)14-13(18)16-7-4-5-11(3)9-16/h6,8,10-11H,4-5,7,9H2,1-3H3,(H,14,15,18). The van der Waals surface area contributed by atoms with Gasteiger partial charge in [-0.25, -0.2) is 4.79 Å². The third-order valence-electron chi connectivity index (χ3n) is 3.32. The van der Waals surface area contributed by atoms with E-state index in [1.807, 2.05) is 21.8 Å². The molecule has 1 aliphatic heterocycles. The van der Waals surface area contributed by atoms with Gasteiger partial charge in [-0.1, -0.05) is 6.92 Å². The Bertz CT molecular complexity index is 413. The van der Waals surface area contributed by atoms with Gasteiger partial charge in [0.2, 0.25) is 0 Å². The van der Waals surface area contributed by atoms with Gasteiger partial charge < -0.3 is 4.90 Å². The Balaban J connectivity index is 1.93. The topological polar surface area (TPSA) is 50.2 Å². The van der Waals surface area contributed by atoms with Crippen LogP contribution in [0.15, 0.2) is 12.3 Å². The molecule has 1 atom stereocenters. The number of hydrogen-bond acceptors (Lipinski definition) is 2. The molecule has 5 heteroatoms. The lowest BCUT2D eigenvalue weighted by molar-refractivity contribution is 0.182. The van der Waals surface area contributed by atoms with E-state index in [4.69, 9.17) is 0 Å². The fourth-order valence-electron chi connectivity index (χ4n) is 2.25. The van der Waals surface area contributed by atoms with E-state index < -0.39 is 0 Å². The molecule has 2 heterocycles. The van der Waals surface area contributed by atoms with Crippen molar-refractivity contribution in [3.05, 3.63) is 12.3 Å². The number of nitrogens with zero attached hydrogens (tertiary/aromatic N) is 3. The van der Waals surface area contributed by atoms with Gasteiger partial charge in [0, 0.05) is 31.4 Å². The Morgan fingerprint density at radius 1 is 1.56 bits per heavy atom. The first-order valence-corrected chi connectivity index (χ1v) is 6.67.